The molecule has 0 spiro atoms. The van der Waals surface area contributed by atoms with Crippen molar-refractivity contribution in [3.05, 3.63) is 183 Å². The van der Waals surface area contributed by atoms with Crippen molar-refractivity contribution in [1.29, 1.82) is 0 Å². The number of nitrogens with zero attached hydrogens (tertiary/aromatic N) is 2. The lowest BCUT2D eigenvalue weighted by molar-refractivity contribution is 0.0937. The Labute approximate surface area is 396 Å². The summed E-state index contributed by atoms with van der Waals surface area (Å²) in [5.41, 5.74) is 16.8. The van der Waals surface area contributed by atoms with E-state index in [2.05, 4.69) is 184 Å². The first kappa shape index (κ1) is 48.3. The zero-order chi connectivity index (χ0) is 46.8. The van der Waals surface area contributed by atoms with E-state index in [0.29, 0.717) is 31.2 Å². The fourth-order valence-electron chi connectivity index (χ4n) is 10.5. The second kappa shape index (κ2) is 21.8. The van der Waals surface area contributed by atoms with Crippen LogP contribution in [0.2, 0.25) is 0 Å². The maximum Gasteiger partial charge on any atom is 0.251 e. The highest BCUT2D eigenvalue weighted by Crippen LogP contribution is 2.49. The van der Waals surface area contributed by atoms with Crippen molar-refractivity contribution in [2.24, 2.45) is 0 Å². The van der Waals surface area contributed by atoms with E-state index in [1.807, 2.05) is 6.07 Å². The number of nitrogens with one attached hydrogen (secondary N) is 2. The molecular formula is C59H74N4O3. The van der Waals surface area contributed by atoms with Crippen molar-refractivity contribution < 1.29 is 14.3 Å². The molecule has 3 aliphatic carbocycles. The number of allylic oxidation sites excluding steroid dienone is 14. The van der Waals surface area contributed by atoms with Crippen molar-refractivity contribution in [1.82, 2.24) is 10.6 Å². The van der Waals surface area contributed by atoms with Gasteiger partial charge < -0.3 is 29.9 Å². The van der Waals surface area contributed by atoms with Crippen LogP contribution in [0.1, 0.15) is 132 Å². The Kier molecular flexibility index (Phi) is 15.9. The van der Waals surface area contributed by atoms with Gasteiger partial charge in [0, 0.05) is 78.7 Å². The highest BCUT2D eigenvalue weighted by atomic mass is 16.5. The molecule has 3 aromatic rings. The second-order valence-electron chi connectivity index (χ2n) is 19.0. The van der Waals surface area contributed by atoms with Gasteiger partial charge in [0.2, 0.25) is 0 Å². The van der Waals surface area contributed by atoms with E-state index < -0.39 is 0 Å². The minimum Gasteiger partial charge on any atom is -0.383 e. The van der Waals surface area contributed by atoms with Gasteiger partial charge in [-0.05, 0) is 146 Å². The minimum absolute atomic E-state index is 0.0750. The molecule has 2 N–H and O–H groups in total. The Bertz CT molecular complexity index is 2480. The predicted octanol–water partition coefficient (Wildman–Crippen LogP) is 13.1. The first-order valence-corrected chi connectivity index (χ1v) is 24.5. The van der Waals surface area contributed by atoms with Crippen LogP contribution >= 0.6 is 0 Å². The summed E-state index contributed by atoms with van der Waals surface area (Å²) in [6.07, 6.45) is 28.4. The highest BCUT2D eigenvalue weighted by Gasteiger charge is 2.40. The van der Waals surface area contributed by atoms with Crippen LogP contribution in [-0.2, 0) is 20.3 Å². The number of rotatable bonds is 18. The number of para-hydroxylation sites is 1. The molecule has 0 fully saturated rings. The first-order chi connectivity index (χ1) is 32.0. The van der Waals surface area contributed by atoms with Crippen molar-refractivity contribution in [2.45, 2.75) is 110 Å². The Balaban J connectivity index is 1.32. The normalized spacial score (nSPS) is 20.1. The quantitative estimate of drug-likeness (QED) is 0.124. The van der Waals surface area contributed by atoms with Crippen molar-refractivity contribution in [2.75, 3.05) is 56.9 Å². The van der Waals surface area contributed by atoms with Gasteiger partial charge in [-0.3, -0.25) is 4.79 Å². The highest BCUT2D eigenvalue weighted by molar-refractivity contribution is 5.95. The van der Waals surface area contributed by atoms with Gasteiger partial charge in [-0.25, -0.2) is 0 Å². The molecule has 66 heavy (non-hydrogen) atoms. The number of ether oxygens (including phenoxy) is 2. The summed E-state index contributed by atoms with van der Waals surface area (Å²) in [4.78, 5) is 18.2. The van der Waals surface area contributed by atoms with Gasteiger partial charge in [0.15, 0.2) is 0 Å². The molecule has 1 aliphatic heterocycles. The van der Waals surface area contributed by atoms with E-state index in [0.717, 1.165) is 69.4 Å². The Hall–Kier alpha value is -5.63. The van der Waals surface area contributed by atoms with Gasteiger partial charge in [-0.1, -0.05) is 114 Å². The van der Waals surface area contributed by atoms with E-state index in [1.54, 1.807) is 14.2 Å². The van der Waals surface area contributed by atoms with Crippen LogP contribution in [-0.4, -0.2) is 53.0 Å². The minimum atomic E-state index is -0.316. The lowest BCUT2D eigenvalue weighted by atomic mass is 9.74. The number of carbonyl (C=O) groups excluding carboxylic acids is 1. The molecule has 7 heteroatoms. The number of methoxy groups -OCH3 is 2. The van der Waals surface area contributed by atoms with Crippen LogP contribution in [0.4, 0.5) is 11.4 Å². The van der Waals surface area contributed by atoms with Crippen LogP contribution in [0.3, 0.4) is 0 Å². The van der Waals surface area contributed by atoms with Gasteiger partial charge in [-0.15, -0.1) is 0 Å². The smallest absolute Gasteiger partial charge is 0.251 e. The Morgan fingerprint density at radius 2 is 1.59 bits per heavy atom. The lowest BCUT2D eigenvalue weighted by Crippen LogP contribution is -2.27. The molecule has 0 radical (unpaired) electrons. The van der Waals surface area contributed by atoms with Gasteiger partial charge in [0.05, 0.1) is 18.9 Å². The molecule has 1 heterocycles. The number of likely N-dealkylation sites (N-methyl/N-ethyl adjacent to an activating group) is 1. The molecule has 1 amide bonds. The molecule has 1 atom stereocenters. The van der Waals surface area contributed by atoms with Crippen molar-refractivity contribution in [3.8, 4) is 0 Å². The average molecular weight is 887 g/mol. The van der Waals surface area contributed by atoms with Crippen LogP contribution in [0.15, 0.2) is 155 Å². The molecule has 1 unspecified atom stereocenters. The zero-order valence-electron chi connectivity index (χ0n) is 41.2. The number of carbonyl (C=O) groups is 1. The maximum atomic E-state index is 13.2. The van der Waals surface area contributed by atoms with Gasteiger partial charge >= 0.3 is 0 Å². The van der Waals surface area contributed by atoms with Gasteiger partial charge in [-0.2, -0.15) is 0 Å². The Morgan fingerprint density at radius 1 is 0.848 bits per heavy atom. The fraction of sp³-hybridized carbons (Fsp3) is 0.407. The van der Waals surface area contributed by atoms with Crippen molar-refractivity contribution in [3.63, 3.8) is 0 Å². The van der Waals surface area contributed by atoms with E-state index in [-0.39, 0.29) is 16.7 Å². The summed E-state index contributed by atoms with van der Waals surface area (Å²) in [7, 11) is 3.40. The van der Waals surface area contributed by atoms with Crippen LogP contribution < -0.4 is 20.4 Å². The number of anilines is 2. The summed E-state index contributed by atoms with van der Waals surface area (Å²) in [5.74, 6) is 0.399. The Morgan fingerprint density at radius 3 is 2.29 bits per heavy atom. The number of amides is 1. The van der Waals surface area contributed by atoms with E-state index in [4.69, 9.17) is 9.47 Å². The number of hydrogen-bond donors (Lipinski definition) is 2. The number of benzene rings is 3. The maximum absolute atomic E-state index is 13.2. The van der Waals surface area contributed by atoms with Crippen molar-refractivity contribution >= 4 is 23.0 Å². The second-order valence-corrected chi connectivity index (χ2v) is 19.0. The third kappa shape index (κ3) is 10.2. The molecular weight excluding hydrogens is 813 g/mol. The largest absolute Gasteiger partial charge is 0.383 e. The molecule has 4 aliphatic rings. The van der Waals surface area contributed by atoms with Crippen LogP contribution in [0.5, 0.6) is 0 Å². The molecule has 0 saturated carbocycles. The lowest BCUT2D eigenvalue weighted by Gasteiger charge is -2.32. The zero-order valence-corrected chi connectivity index (χ0v) is 41.2. The van der Waals surface area contributed by atoms with Gasteiger partial charge in [0.25, 0.3) is 5.91 Å². The summed E-state index contributed by atoms with van der Waals surface area (Å²) < 4.78 is 10.6. The fourth-order valence-corrected chi connectivity index (χ4v) is 10.5. The average Bonchev–Trinajstić information content (AvgIpc) is 3.79. The van der Waals surface area contributed by atoms with Gasteiger partial charge in [0.1, 0.15) is 0 Å². The molecule has 7 nitrogen and oxygen atoms in total. The summed E-state index contributed by atoms with van der Waals surface area (Å²) >= 11 is 0. The molecule has 0 saturated heterocycles. The molecule has 348 valence electrons. The molecule has 0 bridgehead atoms. The number of hydrogen-bond acceptors (Lipinski definition) is 6. The molecule has 3 aromatic carbocycles. The van der Waals surface area contributed by atoms with E-state index in [9.17, 15) is 4.79 Å². The molecule has 7 rings (SSSR count). The van der Waals surface area contributed by atoms with E-state index >= 15 is 0 Å². The first-order valence-electron chi connectivity index (χ1n) is 24.5. The summed E-state index contributed by atoms with van der Waals surface area (Å²) in [6.45, 7) is 19.3. The molecule has 0 aromatic heterocycles. The number of fused-ring (bicyclic) bond motifs is 2. The SMILES string of the molecule is C/C=C(/NCCOC)c1ccc2c(c1)C(C)(C)C(/C=C/C1=C(N(C3=CC=CCC3)c3ccccc3)C(=C/C=C3/N(CC)c4ccc(C(=O)NCCOC)cc4C3(C)C)/CC1)=CCC2CCC. The topological polar surface area (TPSA) is 66.1 Å². The van der Waals surface area contributed by atoms with Crippen LogP contribution in [0, 0.1) is 0 Å². The third-order valence-corrected chi connectivity index (χ3v) is 14.1. The summed E-state index contributed by atoms with van der Waals surface area (Å²) in [5, 5.41) is 6.63. The van der Waals surface area contributed by atoms with Crippen LogP contribution in [0.25, 0.3) is 5.70 Å². The summed E-state index contributed by atoms with van der Waals surface area (Å²) in [6, 6.07) is 24.3. The monoisotopic (exact) mass is 887 g/mol. The third-order valence-electron chi connectivity index (χ3n) is 14.1. The van der Waals surface area contributed by atoms with E-state index in [1.165, 1.54) is 61.8 Å². The predicted molar refractivity (Wildman–Crippen MR) is 277 cm³/mol. The standard InChI is InChI=1S/C59H74N4O3/c1-10-19-42-26-31-47(58(4,5)51-40-45(28-33-50(42)51)53(11-2)60-36-38-65-8)32-27-43-24-25-44(56(43)63(48-20-15-13-16-21-48)49-22-17-14-18-23-49)30-35-55-59(6,7)52-41-46(57(64)61-37-39-66-9)29-34-54(52)62(55)12-3/h11,13-17,20-22,27-35,40-42,60H,10,12,18-19,23-26,36-39H2,1-9H3,(H,61,64)/b32-27+,44-30+,53-11+,55-35+.